The van der Waals surface area contributed by atoms with Crippen LogP contribution < -0.4 is 15.4 Å². The standard InChI is InChI=1S/C42H64FN4O12PS/c1-9-56-60(50,57-10-2)26-55-31-13-11-29(12-14-31)19-30(20-38(49)58-36-17-18-53-40-39(36)34(24-54-40)44-22-27(3)4)35(48)23-47(25-42(7,8)43)61(51,52)32-15-16-33-37(21-32)59-41(46-33)45-28(5)6/h11-16,21,27-28,30,34-36,39-40,44,48H,9-10,17-20,22-26H2,1-8H3,(H,45,46)/t30-,34+,35-,36+,39+,40+/m1/s1. The molecule has 2 aromatic carbocycles. The molecule has 1 aromatic heterocycles. The molecule has 0 saturated carbocycles. The molecule has 3 heterocycles. The molecule has 3 aromatic rings. The van der Waals surface area contributed by atoms with E-state index in [9.17, 15) is 22.9 Å². The minimum atomic E-state index is -4.44. The van der Waals surface area contributed by atoms with Crippen molar-refractivity contribution in [3.63, 3.8) is 0 Å². The van der Waals surface area contributed by atoms with E-state index in [1.807, 2.05) is 13.8 Å². The second kappa shape index (κ2) is 21.5. The number of rotatable bonds is 24. The van der Waals surface area contributed by atoms with E-state index >= 15 is 4.39 Å². The molecular formula is C42H64FN4O12PS. The highest BCUT2D eigenvalue weighted by Crippen LogP contribution is 2.48. The number of fused-ring (bicyclic) bond motifs is 2. The number of oxazole rings is 1. The fourth-order valence-corrected chi connectivity index (χ4v) is 10.4. The van der Waals surface area contributed by atoms with Crippen LogP contribution in [0.3, 0.4) is 0 Å². The van der Waals surface area contributed by atoms with Gasteiger partial charge in [-0.25, -0.2) is 12.8 Å². The zero-order valence-corrected chi connectivity index (χ0v) is 38.2. The fourth-order valence-electron chi connectivity index (χ4n) is 7.42. The molecule has 6 atom stereocenters. The van der Waals surface area contributed by atoms with E-state index in [0.29, 0.717) is 42.4 Å². The first-order valence-electron chi connectivity index (χ1n) is 21.1. The van der Waals surface area contributed by atoms with Crippen LogP contribution in [0.25, 0.3) is 11.1 Å². The summed E-state index contributed by atoms with van der Waals surface area (Å²) in [6, 6.07) is 11.1. The Morgan fingerprint density at radius 2 is 1.79 bits per heavy atom. The van der Waals surface area contributed by atoms with Crippen molar-refractivity contribution in [1.29, 1.82) is 0 Å². The van der Waals surface area contributed by atoms with Gasteiger partial charge in [0.25, 0.3) is 6.01 Å². The second-order valence-corrected chi connectivity index (χ2v) is 20.9. The molecular weight excluding hydrogens is 835 g/mol. The number of ether oxygens (including phenoxy) is 4. The lowest BCUT2D eigenvalue weighted by atomic mass is 9.89. The largest absolute Gasteiger partial charge is 0.481 e. The molecule has 19 heteroatoms. The van der Waals surface area contributed by atoms with Crippen LogP contribution in [-0.2, 0) is 49.1 Å². The van der Waals surface area contributed by atoms with Gasteiger partial charge in [-0.2, -0.15) is 9.29 Å². The molecule has 2 aliphatic rings. The Labute approximate surface area is 359 Å². The highest BCUT2D eigenvalue weighted by Gasteiger charge is 2.47. The topological polar surface area (TPSA) is 197 Å². The third-order valence-electron chi connectivity index (χ3n) is 10.2. The number of aromatic nitrogens is 1. The summed E-state index contributed by atoms with van der Waals surface area (Å²) in [4.78, 5) is 18.1. The van der Waals surface area contributed by atoms with Gasteiger partial charge < -0.3 is 48.2 Å². The van der Waals surface area contributed by atoms with Crippen molar-refractivity contribution in [2.45, 2.75) is 116 Å². The maximum atomic E-state index is 15.5. The van der Waals surface area contributed by atoms with E-state index in [-0.39, 0.29) is 66.9 Å². The summed E-state index contributed by atoms with van der Waals surface area (Å²) in [5.41, 5.74) is -0.689. The van der Waals surface area contributed by atoms with Crippen molar-refractivity contribution in [2.24, 2.45) is 17.8 Å². The van der Waals surface area contributed by atoms with Gasteiger partial charge in [0.2, 0.25) is 10.0 Å². The number of alkyl halides is 1. The van der Waals surface area contributed by atoms with Crippen LogP contribution in [0.15, 0.2) is 51.8 Å². The summed E-state index contributed by atoms with van der Waals surface area (Å²) in [7, 11) is -7.92. The molecule has 0 bridgehead atoms. The van der Waals surface area contributed by atoms with Gasteiger partial charge >= 0.3 is 13.6 Å². The van der Waals surface area contributed by atoms with Crippen molar-refractivity contribution in [3.8, 4) is 5.75 Å². The molecule has 0 radical (unpaired) electrons. The third-order valence-corrected chi connectivity index (χ3v) is 13.7. The van der Waals surface area contributed by atoms with E-state index in [2.05, 4.69) is 29.5 Å². The van der Waals surface area contributed by atoms with Crippen LogP contribution in [0, 0.1) is 17.8 Å². The molecule has 0 aliphatic carbocycles. The summed E-state index contributed by atoms with van der Waals surface area (Å²) in [6.45, 7) is 14.6. The molecule has 2 saturated heterocycles. The summed E-state index contributed by atoms with van der Waals surface area (Å²) < 4.78 is 98.0. The minimum absolute atomic E-state index is 0.0112. The maximum absolute atomic E-state index is 15.5. The molecule has 5 rings (SSSR count). The van der Waals surface area contributed by atoms with E-state index in [1.54, 1.807) is 38.1 Å². The Morgan fingerprint density at radius 1 is 1.08 bits per heavy atom. The lowest BCUT2D eigenvalue weighted by Gasteiger charge is -2.36. The molecule has 61 heavy (non-hydrogen) atoms. The van der Waals surface area contributed by atoms with Gasteiger partial charge in [0.05, 0.1) is 49.8 Å². The van der Waals surface area contributed by atoms with Crippen molar-refractivity contribution < 1.29 is 59.7 Å². The second-order valence-electron chi connectivity index (χ2n) is 16.9. The predicted molar refractivity (Wildman–Crippen MR) is 228 cm³/mol. The summed E-state index contributed by atoms with van der Waals surface area (Å²) in [6.07, 6.45) is -2.55. The van der Waals surface area contributed by atoms with Gasteiger partial charge in [0, 0.05) is 43.6 Å². The highest BCUT2D eigenvalue weighted by molar-refractivity contribution is 7.89. The highest BCUT2D eigenvalue weighted by atomic mass is 32.2. The average molecular weight is 899 g/mol. The molecule has 16 nitrogen and oxygen atoms in total. The van der Waals surface area contributed by atoms with E-state index < -0.39 is 66.8 Å². The number of hydrogen-bond acceptors (Lipinski definition) is 15. The van der Waals surface area contributed by atoms with Crippen LogP contribution in [-0.4, -0.2) is 117 Å². The Bertz CT molecular complexity index is 2020. The van der Waals surface area contributed by atoms with E-state index in [0.717, 1.165) is 10.8 Å². The lowest BCUT2D eigenvalue weighted by molar-refractivity contribution is -0.196. The average Bonchev–Trinajstić information content (AvgIpc) is 3.79. The number of aliphatic hydroxyl groups excluding tert-OH is 1. The van der Waals surface area contributed by atoms with Gasteiger partial charge in [0.15, 0.2) is 18.2 Å². The number of carbonyl (C=O) groups excluding carboxylic acids is 1. The molecule has 0 amide bonds. The number of nitrogens with zero attached hydrogens (tertiary/aromatic N) is 2. The van der Waals surface area contributed by atoms with Gasteiger partial charge in [-0.05, 0) is 90.3 Å². The number of aliphatic hydroxyl groups is 1. The molecule has 0 spiro atoms. The van der Waals surface area contributed by atoms with Crippen LogP contribution in [0.2, 0.25) is 0 Å². The van der Waals surface area contributed by atoms with Gasteiger partial charge in [-0.15, -0.1) is 0 Å². The SMILES string of the molecule is CCOP(=O)(COc1ccc(C[C@H](CC(=O)O[C@H]2CCO[C@H]3OC[C@H](NCC(C)C)[C@H]32)[C@H](O)CN(CC(C)(C)F)S(=O)(=O)c2ccc3nc(NC(C)C)oc3c2)cc1)OCC. The van der Waals surface area contributed by atoms with Gasteiger partial charge in [-0.3, -0.25) is 9.36 Å². The first-order valence-corrected chi connectivity index (χ1v) is 24.3. The van der Waals surface area contributed by atoms with Crippen molar-refractivity contribution in [3.05, 3.63) is 48.0 Å². The number of benzene rings is 2. The van der Waals surface area contributed by atoms with Crippen molar-refractivity contribution >= 4 is 40.7 Å². The number of hydrogen-bond donors (Lipinski definition) is 3. The van der Waals surface area contributed by atoms with Crippen molar-refractivity contribution in [1.82, 2.24) is 14.6 Å². The van der Waals surface area contributed by atoms with E-state index in [4.69, 9.17) is 32.4 Å². The van der Waals surface area contributed by atoms with Crippen molar-refractivity contribution in [2.75, 3.05) is 57.7 Å². The first kappa shape index (κ1) is 48.8. The minimum Gasteiger partial charge on any atom is -0.481 e. The predicted octanol–water partition coefficient (Wildman–Crippen LogP) is 6.52. The Hall–Kier alpha value is -3.19. The van der Waals surface area contributed by atoms with Gasteiger partial charge in [-0.1, -0.05) is 26.0 Å². The zero-order valence-electron chi connectivity index (χ0n) is 36.5. The zero-order chi connectivity index (χ0) is 44.5. The molecule has 3 N–H and O–H groups in total. The quantitative estimate of drug-likeness (QED) is 0.0649. The smallest absolute Gasteiger partial charge is 0.367 e. The van der Waals surface area contributed by atoms with Gasteiger partial charge in [0.1, 0.15) is 23.0 Å². The number of halogens is 1. The number of sulfonamides is 1. The van der Waals surface area contributed by atoms with E-state index in [1.165, 1.54) is 32.0 Å². The number of carbonyl (C=O) groups is 1. The Morgan fingerprint density at radius 3 is 2.43 bits per heavy atom. The monoisotopic (exact) mass is 898 g/mol. The Kier molecular flexibility index (Phi) is 17.2. The molecule has 2 aliphatic heterocycles. The molecule has 2 fully saturated rings. The van der Waals surface area contributed by atoms with Crippen LogP contribution in [0.5, 0.6) is 5.75 Å². The number of esters is 1. The lowest BCUT2D eigenvalue weighted by Crippen LogP contribution is -2.49. The van der Waals surface area contributed by atoms with Crippen LogP contribution in [0.4, 0.5) is 10.4 Å². The Balaban J connectivity index is 1.39. The summed E-state index contributed by atoms with van der Waals surface area (Å²) >= 11 is 0. The summed E-state index contributed by atoms with van der Waals surface area (Å²) in [5, 5.41) is 18.6. The first-order chi connectivity index (χ1) is 28.8. The number of nitrogens with one attached hydrogen (secondary N) is 2. The van der Waals surface area contributed by atoms with Crippen LogP contribution in [0.1, 0.15) is 73.8 Å². The van der Waals surface area contributed by atoms with Crippen LogP contribution >= 0.6 is 7.60 Å². The fraction of sp³-hybridized carbons (Fsp3) is 0.667. The summed E-state index contributed by atoms with van der Waals surface area (Å²) in [5.74, 6) is -0.960. The molecule has 0 unspecified atom stereocenters. The maximum Gasteiger partial charge on any atom is 0.367 e. The third kappa shape index (κ3) is 13.9. The molecule has 342 valence electrons. The normalized spacial score (nSPS) is 20.9. The number of anilines is 1.